The molecule has 0 saturated carbocycles. The average molecular weight is 262 g/mol. The first-order valence-corrected chi connectivity index (χ1v) is 7.31. The summed E-state index contributed by atoms with van der Waals surface area (Å²) in [6.07, 6.45) is 3.78. The Kier molecular flexibility index (Phi) is 4.09. The van der Waals surface area contributed by atoms with Crippen molar-refractivity contribution in [3.8, 4) is 0 Å². The van der Waals surface area contributed by atoms with Crippen molar-refractivity contribution in [2.24, 2.45) is 0 Å². The zero-order valence-electron chi connectivity index (χ0n) is 10.7. The Morgan fingerprint density at radius 3 is 2.89 bits per heavy atom. The monoisotopic (exact) mass is 262 g/mol. The molecule has 0 fully saturated rings. The van der Waals surface area contributed by atoms with Gasteiger partial charge >= 0.3 is 0 Å². The molecule has 96 valence electrons. The standard InChI is InChI=1S/C14H18N2OS/c1-14(17,10-18-2)9-16-13-12-6-4-3-5-11(12)7-8-15-13/h3-8,17H,9-10H2,1-2H3,(H,15,16). The van der Waals surface area contributed by atoms with E-state index in [2.05, 4.69) is 16.4 Å². The van der Waals surface area contributed by atoms with Crippen LogP contribution < -0.4 is 5.32 Å². The first kappa shape index (κ1) is 13.2. The van der Waals surface area contributed by atoms with Gasteiger partial charge in [0.05, 0.1) is 5.60 Å². The Morgan fingerprint density at radius 1 is 1.33 bits per heavy atom. The van der Waals surface area contributed by atoms with E-state index in [1.54, 1.807) is 18.0 Å². The SMILES string of the molecule is CSCC(C)(O)CNc1nccc2ccccc12. The lowest BCUT2D eigenvalue weighted by molar-refractivity contribution is 0.0996. The van der Waals surface area contributed by atoms with Gasteiger partial charge in [-0.3, -0.25) is 0 Å². The van der Waals surface area contributed by atoms with Gasteiger partial charge in [-0.25, -0.2) is 4.98 Å². The molecule has 0 aliphatic carbocycles. The van der Waals surface area contributed by atoms with E-state index in [0.29, 0.717) is 12.3 Å². The van der Waals surface area contributed by atoms with E-state index in [1.165, 1.54) is 0 Å². The van der Waals surface area contributed by atoms with Crippen molar-refractivity contribution in [2.45, 2.75) is 12.5 Å². The molecule has 4 heteroatoms. The molecule has 0 aliphatic rings. The number of thioether (sulfide) groups is 1. The lowest BCUT2D eigenvalue weighted by Gasteiger charge is -2.23. The smallest absolute Gasteiger partial charge is 0.133 e. The third-order valence-corrected chi connectivity index (χ3v) is 3.68. The lowest BCUT2D eigenvalue weighted by atomic mass is 10.1. The first-order chi connectivity index (χ1) is 8.62. The van der Waals surface area contributed by atoms with Gasteiger partial charge in [-0.1, -0.05) is 24.3 Å². The number of benzene rings is 1. The van der Waals surface area contributed by atoms with Crippen LogP contribution in [0.25, 0.3) is 10.8 Å². The number of nitrogens with one attached hydrogen (secondary N) is 1. The van der Waals surface area contributed by atoms with Crippen LogP contribution in [0.2, 0.25) is 0 Å². The molecule has 0 amide bonds. The number of anilines is 1. The molecular weight excluding hydrogens is 244 g/mol. The quantitative estimate of drug-likeness (QED) is 0.869. The number of hydrogen-bond donors (Lipinski definition) is 2. The first-order valence-electron chi connectivity index (χ1n) is 5.91. The zero-order valence-corrected chi connectivity index (χ0v) is 11.5. The number of nitrogens with zero attached hydrogens (tertiary/aromatic N) is 1. The highest BCUT2D eigenvalue weighted by Crippen LogP contribution is 2.21. The summed E-state index contributed by atoms with van der Waals surface area (Å²) in [4.78, 5) is 4.34. The maximum Gasteiger partial charge on any atom is 0.133 e. The van der Waals surface area contributed by atoms with Crippen LogP contribution >= 0.6 is 11.8 Å². The zero-order chi connectivity index (χ0) is 13.0. The Bertz CT molecular complexity index is 523. The van der Waals surface area contributed by atoms with Crippen LogP contribution in [0.15, 0.2) is 36.5 Å². The van der Waals surface area contributed by atoms with Crippen molar-refractivity contribution in [1.82, 2.24) is 4.98 Å². The van der Waals surface area contributed by atoms with Gasteiger partial charge in [0.2, 0.25) is 0 Å². The second-order valence-corrected chi connectivity index (χ2v) is 5.53. The minimum absolute atomic E-state index is 0.495. The molecule has 1 atom stereocenters. The second kappa shape index (κ2) is 5.59. The highest BCUT2D eigenvalue weighted by Gasteiger charge is 2.19. The van der Waals surface area contributed by atoms with Crippen molar-refractivity contribution in [3.05, 3.63) is 36.5 Å². The maximum atomic E-state index is 10.1. The molecule has 0 bridgehead atoms. The predicted molar refractivity (Wildman–Crippen MR) is 79.2 cm³/mol. The summed E-state index contributed by atoms with van der Waals surface area (Å²) >= 11 is 1.64. The number of aromatic nitrogens is 1. The molecule has 1 unspecified atom stereocenters. The van der Waals surface area contributed by atoms with Gasteiger partial charge in [0.15, 0.2) is 0 Å². The van der Waals surface area contributed by atoms with Crippen molar-refractivity contribution in [2.75, 3.05) is 23.9 Å². The fourth-order valence-corrected chi connectivity index (χ4v) is 2.62. The van der Waals surface area contributed by atoms with Crippen LogP contribution in [0.4, 0.5) is 5.82 Å². The van der Waals surface area contributed by atoms with Crippen LogP contribution in [0.1, 0.15) is 6.92 Å². The Morgan fingerprint density at radius 2 is 2.11 bits per heavy atom. The van der Waals surface area contributed by atoms with Crippen LogP contribution in [-0.4, -0.2) is 34.2 Å². The topological polar surface area (TPSA) is 45.1 Å². The molecule has 2 N–H and O–H groups in total. The molecule has 0 radical (unpaired) electrons. The van der Waals surface area contributed by atoms with Crippen LogP contribution in [-0.2, 0) is 0 Å². The third kappa shape index (κ3) is 3.15. The van der Waals surface area contributed by atoms with Gasteiger partial charge in [0, 0.05) is 23.9 Å². The van der Waals surface area contributed by atoms with Crippen molar-refractivity contribution >= 4 is 28.4 Å². The van der Waals surface area contributed by atoms with Gasteiger partial charge in [-0.2, -0.15) is 11.8 Å². The summed E-state index contributed by atoms with van der Waals surface area (Å²) in [6, 6.07) is 10.1. The normalized spacial score (nSPS) is 14.4. The van der Waals surface area contributed by atoms with E-state index in [-0.39, 0.29) is 0 Å². The molecule has 1 aromatic carbocycles. The summed E-state index contributed by atoms with van der Waals surface area (Å²) in [5.41, 5.74) is -0.724. The molecular formula is C14H18N2OS. The lowest BCUT2D eigenvalue weighted by Crippen LogP contribution is -2.36. The third-order valence-electron chi connectivity index (χ3n) is 2.77. The van der Waals surface area contributed by atoms with Gasteiger partial charge < -0.3 is 10.4 Å². The molecule has 2 rings (SSSR count). The van der Waals surface area contributed by atoms with E-state index < -0.39 is 5.60 Å². The van der Waals surface area contributed by atoms with E-state index in [4.69, 9.17) is 0 Å². The molecule has 0 saturated heterocycles. The predicted octanol–water partition coefficient (Wildman–Crippen LogP) is 2.76. The number of aliphatic hydroxyl groups is 1. The van der Waals surface area contributed by atoms with Crippen molar-refractivity contribution < 1.29 is 5.11 Å². The number of hydrogen-bond acceptors (Lipinski definition) is 4. The Labute approximate surface area is 112 Å². The average Bonchev–Trinajstić information content (AvgIpc) is 2.36. The van der Waals surface area contributed by atoms with Gasteiger partial charge in [0.1, 0.15) is 5.82 Å². The summed E-state index contributed by atoms with van der Waals surface area (Å²) in [7, 11) is 0. The molecule has 1 heterocycles. The number of pyridine rings is 1. The molecule has 1 aromatic heterocycles. The van der Waals surface area contributed by atoms with E-state index in [0.717, 1.165) is 16.6 Å². The van der Waals surface area contributed by atoms with E-state index >= 15 is 0 Å². The number of rotatable bonds is 5. The molecule has 0 aliphatic heterocycles. The summed E-state index contributed by atoms with van der Waals surface area (Å²) in [5, 5.41) is 15.6. The molecule has 0 spiro atoms. The maximum absolute atomic E-state index is 10.1. The van der Waals surface area contributed by atoms with E-state index in [9.17, 15) is 5.11 Å². The highest BCUT2D eigenvalue weighted by molar-refractivity contribution is 7.98. The van der Waals surface area contributed by atoms with Crippen LogP contribution in [0.5, 0.6) is 0 Å². The van der Waals surface area contributed by atoms with Gasteiger partial charge in [-0.05, 0) is 24.6 Å². The number of fused-ring (bicyclic) bond motifs is 1. The minimum Gasteiger partial charge on any atom is -0.387 e. The minimum atomic E-state index is -0.724. The van der Waals surface area contributed by atoms with Gasteiger partial charge in [0.25, 0.3) is 0 Å². The van der Waals surface area contributed by atoms with E-state index in [1.807, 2.05) is 37.4 Å². The summed E-state index contributed by atoms with van der Waals surface area (Å²) in [6.45, 7) is 2.33. The van der Waals surface area contributed by atoms with Crippen molar-refractivity contribution in [3.63, 3.8) is 0 Å². The largest absolute Gasteiger partial charge is 0.387 e. The summed E-state index contributed by atoms with van der Waals surface area (Å²) < 4.78 is 0. The highest BCUT2D eigenvalue weighted by atomic mass is 32.2. The molecule has 18 heavy (non-hydrogen) atoms. The van der Waals surface area contributed by atoms with Gasteiger partial charge in [-0.15, -0.1) is 0 Å². The molecule has 2 aromatic rings. The van der Waals surface area contributed by atoms with Crippen molar-refractivity contribution in [1.29, 1.82) is 0 Å². The molecule has 3 nitrogen and oxygen atoms in total. The Hall–Kier alpha value is -1.26. The van der Waals surface area contributed by atoms with Crippen LogP contribution in [0, 0.1) is 0 Å². The summed E-state index contributed by atoms with van der Waals surface area (Å²) in [5.74, 6) is 1.53. The fourth-order valence-electron chi connectivity index (χ4n) is 1.90. The second-order valence-electron chi connectivity index (χ2n) is 4.66. The Balaban J connectivity index is 2.17. The fraction of sp³-hybridized carbons (Fsp3) is 0.357. The van der Waals surface area contributed by atoms with Crippen LogP contribution in [0.3, 0.4) is 0 Å².